The second-order valence-corrected chi connectivity index (χ2v) is 8.31. The zero-order valence-corrected chi connectivity index (χ0v) is 13.7. The van der Waals surface area contributed by atoms with Gasteiger partial charge in [0.1, 0.15) is 0 Å². The summed E-state index contributed by atoms with van der Waals surface area (Å²) in [4.78, 5) is 0. The molecule has 0 aromatic carbocycles. The van der Waals surface area contributed by atoms with Crippen molar-refractivity contribution in [2.75, 3.05) is 0 Å². The monoisotopic (exact) mass is 266 g/mol. The van der Waals surface area contributed by atoms with Crippen molar-refractivity contribution < 1.29 is 5.11 Å². The van der Waals surface area contributed by atoms with Crippen molar-refractivity contribution in [3.8, 4) is 0 Å². The molecule has 19 heavy (non-hydrogen) atoms. The molecule has 0 aromatic heterocycles. The lowest BCUT2D eigenvalue weighted by Gasteiger charge is -2.60. The molecule has 5 atom stereocenters. The molecular formula is C18H34O. The van der Waals surface area contributed by atoms with Crippen molar-refractivity contribution in [1.82, 2.24) is 0 Å². The van der Waals surface area contributed by atoms with Crippen molar-refractivity contribution in [3.05, 3.63) is 0 Å². The van der Waals surface area contributed by atoms with Crippen molar-refractivity contribution in [2.24, 2.45) is 28.6 Å². The van der Waals surface area contributed by atoms with E-state index >= 15 is 0 Å². The van der Waals surface area contributed by atoms with Crippen LogP contribution < -0.4 is 0 Å². The van der Waals surface area contributed by atoms with Crippen molar-refractivity contribution in [3.63, 3.8) is 0 Å². The Hall–Kier alpha value is -0.0400. The second kappa shape index (κ2) is 5.39. The Morgan fingerprint density at radius 3 is 2.47 bits per heavy atom. The van der Waals surface area contributed by atoms with Gasteiger partial charge in [-0.25, -0.2) is 0 Å². The van der Waals surface area contributed by atoms with Gasteiger partial charge in [0.05, 0.1) is 6.10 Å². The highest BCUT2D eigenvalue weighted by Gasteiger charge is 2.55. The molecule has 2 aliphatic carbocycles. The summed E-state index contributed by atoms with van der Waals surface area (Å²) < 4.78 is 0. The fourth-order valence-electron chi connectivity index (χ4n) is 5.54. The lowest BCUT2D eigenvalue weighted by Crippen LogP contribution is -2.55. The van der Waals surface area contributed by atoms with Crippen LogP contribution in [0.3, 0.4) is 0 Å². The minimum Gasteiger partial charge on any atom is -0.393 e. The molecule has 0 aliphatic heterocycles. The Kier molecular flexibility index (Phi) is 4.35. The maximum Gasteiger partial charge on any atom is 0.0571 e. The molecule has 0 amide bonds. The highest BCUT2D eigenvalue weighted by Crippen LogP contribution is 2.61. The molecule has 1 nitrogen and oxygen atoms in total. The quantitative estimate of drug-likeness (QED) is 0.760. The SMILES string of the molecule is CCCCC1C(C)C(O)CC2C(C)(C)CCCC12C. The Morgan fingerprint density at radius 2 is 1.84 bits per heavy atom. The molecule has 2 rings (SSSR count). The lowest BCUT2D eigenvalue weighted by molar-refractivity contribution is -0.141. The van der Waals surface area contributed by atoms with Crippen molar-refractivity contribution in [2.45, 2.75) is 85.7 Å². The molecule has 0 bridgehead atoms. The summed E-state index contributed by atoms with van der Waals surface area (Å²) in [5.74, 6) is 1.92. The second-order valence-electron chi connectivity index (χ2n) is 8.31. The normalized spacial score (nSPS) is 45.8. The van der Waals surface area contributed by atoms with Crippen LogP contribution in [0.15, 0.2) is 0 Å². The smallest absolute Gasteiger partial charge is 0.0571 e. The summed E-state index contributed by atoms with van der Waals surface area (Å²) in [5, 5.41) is 10.5. The molecule has 0 aromatic rings. The van der Waals surface area contributed by atoms with Gasteiger partial charge in [-0.2, -0.15) is 0 Å². The van der Waals surface area contributed by atoms with Crippen molar-refractivity contribution in [1.29, 1.82) is 0 Å². The van der Waals surface area contributed by atoms with E-state index < -0.39 is 0 Å². The average molecular weight is 266 g/mol. The lowest BCUT2D eigenvalue weighted by atomic mass is 9.45. The Labute approximate surface area is 120 Å². The van der Waals surface area contributed by atoms with Gasteiger partial charge < -0.3 is 5.11 Å². The topological polar surface area (TPSA) is 20.2 Å². The first kappa shape index (κ1) is 15.4. The van der Waals surface area contributed by atoms with Gasteiger partial charge in [-0.1, -0.05) is 53.9 Å². The minimum atomic E-state index is -0.0719. The van der Waals surface area contributed by atoms with Crippen LogP contribution in [0.25, 0.3) is 0 Å². The molecule has 0 saturated heterocycles. The van der Waals surface area contributed by atoms with E-state index in [2.05, 4.69) is 34.6 Å². The molecule has 2 fully saturated rings. The van der Waals surface area contributed by atoms with E-state index in [1.807, 2.05) is 0 Å². The predicted molar refractivity (Wildman–Crippen MR) is 82.0 cm³/mol. The first-order chi connectivity index (χ1) is 8.83. The van der Waals surface area contributed by atoms with Gasteiger partial charge in [0.2, 0.25) is 0 Å². The molecule has 1 N–H and O–H groups in total. The number of unbranched alkanes of at least 4 members (excludes halogenated alkanes) is 1. The van der Waals surface area contributed by atoms with Crippen LogP contribution in [0.5, 0.6) is 0 Å². The summed E-state index contributed by atoms with van der Waals surface area (Å²) in [6, 6.07) is 0. The molecular weight excluding hydrogens is 232 g/mol. The maximum atomic E-state index is 10.5. The molecule has 0 radical (unpaired) electrons. The van der Waals surface area contributed by atoms with Gasteiger partial charge in [0.15, 0.2) is 0 Å². The Morgan fingerprint density at radius 1 is 1.16 bits per heavy atom. The van der Waals surface area contributed by atoms with Crippen LogP contribution >= 0.6 is 0 Å². The van der Waals surface area contributed by atoms with Gasteiger partial charge in [-0.15, -0.1) is 0 Å². The van der Waals surface area contributed by atoms with Crippen LogP contribution in [0.1, 0.15) is 79.6 Å². The van der Waals surface area contributed by atoms with Crippen molar-refractivity contribution >= 4 is 0 Å². The third kappa shape index (κ3) is 2.60. The summed E-state index contributed by atoms with van der Waals surface area (Å²) in [5.41, 5.74) is 0.883. The summed E-state index contributed by atoms with van der Waals surface area (Å²) in [6.45, 7) is 12.0. The molecule has 2 aliphatic rings. The molecule has 1 heteroatoms. The van der Waals surface area contributed by atoms with E-state index in [1.165, 1.54) is 38.5 Å². The van der Waals surface area contributed by atoms with Crippen LogP contribution in [0.2, 0.25) is 0 Å². The Bertz CT molecular complexity index is 309. The number of aliphatic hydroxyl groups excluding tert-OH is 1. The zero-order valence-electron chi connectivity index (χ0n) is 13.7. The molecule has 0 spiro atoms. The van der Waals surface area contributed by atoms with E-state index in [-0.39, 0.29) is 6.10 Å². The van der Waals surface area contributed by atoms with Gasteiger partial charge in [0, 0.05) is 0 Å². The van der Waals surface area contributed by atoms with E-state index in [4.69, 9.17) is 0 Å². The summed E-state index contributed by atoms with van der Waals surface area (Å²) >= 11 is 0. The standard InChI is InChI=1S/C18H34O/c1-6-7-9-14-13(2)15(19)12-16-17(3,4)10-8-11-18(14,16)5/h13-16,19H,6-12H2,1-5H3. The van der Waals surface area contributed by atoms with Crippen LogP contribution in [0, 0.1) is 28.6 Å². The fraction of sp³-hybridized carbons (Fsp3) is 1.00. The molecule has 5 unspecified atom stereocenters. The third-order valence-corrected chi connectivity index (χ3v) is 6.71. The number of aliphatic hydroxyl groups is 1. The third-order valence-electron chi connectivity index (χ3n) is 6.71. The number of hydrogen-bond donors (Lipinski definition) is 1. The minimum absolute atomic E-state index is 0.0719. The van der Waals surface area contributed by atoms with Gasteiger partial charge in [0.25, 0.3) is 0 Å². The van der Waals surface area contributed by atoms with Gasteiger partial charge >= 0.3 is 0 Å². The fourth-order valence-corrected chi connectivity index (χ4v) is 5.54. The first-order valence-electron chi connectivity index (χ1n) is 8.51. The summed E-state index contributed by atoms with van der Waals surface area (Å²) in [6.07, 6.45) is 8.99. The number of rotatable bonds is 3. The number of fused-ring (bicyclic) bond motifs is 1. The van der Waals surface area contributed by atoms with E-state index in [0.717, 1.165) is 12.3 Å². The highest BCUT2D eigenvalue weighted by molar-refractivity contribution is 5.04. The van der Waals surface area contributed by atoms with E-state index in [1.54, 1.807) is 0 Å². The average Bonchev–Trinajstić information content (AvgIpc) is 2.32. The van der Waals surface area contributed by atoms with E-state index in [9.17, 15) is 5.11 Å². The zero-order chi connectivity index (χ0) is 14.3. The van der Waals surface area contributed by atoms with Gasteiger partial charge in [-0.3, -0.25) is 0 Å². The largest absolute Gasteiger partial charge is 0.393 e. The maximum absolute atomic E-state index is 10.5. The number of hydrogen-bond acceptors (Lipinski definition) is 1. The molecule has 0 heterocycles. The first-order valence-corrected chi connectivity index (χ1v) is 8.51. The van der Waals surface area contributed by atoms with Crippen LogP contribution in [-0.2, 0) is 0 Å². The van der Waals surface area contributed by atoms with Crippen LogP contribution in [-0.4, -0.2) is 11.2 Å². The van der Waals surface area contributed by atoms with Crippen LogP contribution in [0.4, 0.5) is 0 Å². The predicted octanol–water partition coefficient (Wildman–Crippen LogP) is 5.03. The Balaban J connectivity index is 2.28. The van der Waals surface area contributed by atoms with Gasteiger partial charge in [-0.05, 0) is 54.3 Å². The highest BCUT2D eigenvalue weighted by atomic mass is 16.3. The summed E-state index contributed by atoms with van der Waals surface area (Å²) in [7, 11) is 0. The molecule has 112 valence electrons. The molecule has 2 saturated carbocycles. The van der Waals surface area contributed by atoms with E-state index in [0.29, 0.717) is 22.7 Å².